The fourth-order valence-corrected chi connectivity index (χ4v) is 5.27. The third kappa shape index (κ3) is 6.71. The minimum absolute atomic E-state index is 0.121. The average Bonchev–Trinajstić information content (AvgIpc) is 3.46. The quantitative estimate of drug-likeness (QED) is 0.259. The molecule has 0 atom stereocenters. The van der Waals surface area contributed by atoms with Gasteiger partial charge < -0.3 is 14.7 Å². The highest BCUT2D eigenvalue weighted by molar-refractivity contribution is 5.95. The summed E-state index contributed by atoms with van der Waals surface area (Å²) in [6.07, 6.45) is -2.29. The van der Waals surface area contributed by atoms with Gasteiger partial charge in [-0.2, -0.15) is 13.2 Å². The van der Waals surface area contributed by atoms with Gasteiger partial charge >= 0.3 is 18.2 Å². The van der Waals surface area contributed by atoms with E-state index in [0.717, 1.165) is 17.7 Å². The molecule has 1 fully saturated rings. The molecule has 0 aliphatic carbocycles. The Morgan fingerprint density at radius 3 is 2.16 bits per heavy atom. The summed E-state index contributed by atoms with van der Waals surface area (Å²) in [5, 5.41) is 18.8. The molecular formula is C32H31F3N4O4. The minimum atomic E-state index is -4.47. The van der Waals surface area contributed by atoms with Gasteiger partial charge in [0.2, 0.25) is 0 Å². The first-order valence-corrected chi connectivity index (χ1v) is 13.8. The lowest BCUT2D eigenvalue weighted by Gasteiger charge is -2.34. The number of carboxylic acids is 1. The highest BCUT2D eigenvalue weighted by atomic mass is 19.4. The highest BCUT2D eigenvalue weighted by Crippen LogP contribution is 2.40. The lowest BCUT2D eigenvalue weighted by Crippen LogP contribution is -2.41. The number of carbonyl (C=O) groups is 2. The summed E-state index contributed by atoms with van der Waals surface area (Å²) in [4.78, 5) is 27.0. The van der Waals surface area contributed by atoms with Gasteiger partial charge in [0, 0.05) is 18.7 Å². The molecule has 11 heteroatoms. The molecule has 1 aliphatic rings. The van der Waals surface area contributed by atoms with E-state index in [-0.39, 0.29) is 11.5 Å². The third-order valence-corrected chi connectivity index (χ3v) is 7.30. The molecular weight excluding hydrogens is 561 g/mol. The Labute approximate surface area is 246 Å². The van der Waals surface area contributed by atoms with Gasteiger partial charge in [0.1, 0.15) is 11.3 Å². The van der Waals surface area contributed by atoms with Gasteiger partial charge in [-0.1, -0.05) is 35.5 Å². The molecule has 1 saturated heterocycles. The molecule has 1 amide bonds. The number of halogens is 3. The van der Waals surface area contributed by atoms with Crippen molar-refractivity contribution in [3.05, 3.63) is 89.6 Å². The summed E-state index contributed by atoms with van der Waals surface area (Å²) in [5.74, 6) is -1.31. The second-order valence-electron chi connectivity index (χ2n) is 11.5. The van der Waals surface area contributed by atoms with Gasteiger partial charge in [-0.15, -0.1) is 5.10 Å². The van der Waals surface area contributed by atoms with Crippen LogP contribution in [-0.2, 0) is 10.9 Å². The van der Waals surface area contributed by atoms with Crippen LogP contribution < -0.4 is 0 Å². The maximum absolute atomic E-state index is 13.1. The van der Waals surface area contributed by atoms with E-state index in [4.69, 9.17) is 4.74 Å². The number of alkyl halides is 3. The number of carbonyl (C=O) groups excluding carboxylic acids is 1. The number of carboxylic acid groups (broad SMARTS) is 1. The molecule has 2 heterocycles. The van der Waals surface area contributed by atoms with Crippen molar-refractivity contribution < 1.29 is 32.6 Å². The first-order valence-electron chi connectivity index (χ1n) is 13.8. The summed E-state index contributed by atoms with van der Waals surface area (Å²) < 4.78 is 46.1. The SMILES string of the molecule is CC(C)(C)OC(=O)N1CCC(c2c(C(=O)O)cc(-c3ccccc3)cc2-c2cn(-c3ccc(C(F)(F)F)cc3)nn2)CC1. The van der Waals surface area contributed by atoms with Crippen molar-refractivity contribution in [2.24, 2.45) is 0 Å². The maximum atomic E-state index is 13.1. The van der Waals surface area contributed by atoms with Gasteiger partial charge in [0.05, 0.1) is 23.0 Å². The third-order valence-electron chi connectivity index (χ3n) is 7.30. The van der Waals surface area contributed by atoms with Crippen molar-refractivity contribution in [2.45, 2.75) is 51.3 Å². The molecule has 1 N–H and O–H groups in total. The van der Waals surface area contributed by atoms with Crippen molar-refractivity contribution in [1.82, 2.24) is 19.9 Å². The van der Waals surface area contributed by atoms with E-state index in [1.807, 2.05) is 36.4 Å². The number of aromatic carboxylic acids is 1. The van der Waals surface area contributed by atoms with E-state index < -0.39 is 29.4 Å². The molecule has 224 valence electrons. The summed E-state index contributed by atoms with van der Waals surface area (Å²) in [7, 11) is 0. The van der Waals surface area contributed by atoms with Crippen LogP contribution in [0.4, 0.5) is 18.0 Å². The van der Waals surface area contributed by atoms with Gasteiger partial charge in [0.15, 0.2) is 0 Å². The lowest BCUT2D eigenvalue weighted by atomic mass is 9.81. The Kier molecular flexibility index (Phi) is 8.00. The molecule has 0 bridgehead atoms. The Balaban J connectivity index is 1.55. The van der Waals surface area contributed by atoms with E-state index in [0.29, 0.717) is 54.0 Å². The predicted molar refractivity (Wildman–Crippen MR) is 154 cm³/mol. The Morgan fingerprint density at radius 1 is 0.930 bits per heavy atom. The highest BCUT2D eigenvalue weighted by Gasteiger charge is 2.33. The van der Waals surface area contributed by atoms with E-state index in [1.54, 1.807) is 37.9 Å². The van der Waals surface area contributed by atoms with Gasteiger partial charge in [-0.25, -0.2) is 14.3 Å². The topological polar surface area (TPSA) is 97.6 Å². The first kappa shape index (κ1) is 29.8. The predicted octanol–water partition coefficient (Wildman–Crippen LogP) is 7.43. The molecule has 8 nitrogen and oxygen atoms in total. The van der Waals surface area contributed by atoms with Crippen molar-refractivity contribution in [3.63, 3.8) is 0 Å². The molecule has 3 aromatic carbocycles. The molecule has 0 saturated carbocycles. The summed E-state index contributed by atoms with van der Waals surface area (Å²) >= 11 is 0. The number of likely N-dealkylation sites (tertiary alicyclic amines) is 1. The summed E-state index contributed by atoms with van der Waals surface area (Å²) in [6.45, 7) is 6.17. The molecule has 1 aromatic heterocycles. The Hall–Kier alpha value is -4.67. The van der Waals surface area contributed by atoms with Crippen LogP contribution in [0.1, 0.15) is 61.0 Å². The monoisotopic (exact) mass is 592 g/mol. The number of nitrogens with zero attached hydrogens (tertiary/aromatic N) is 4. The molecule has 1 aliphatic heterocycles. The zero-order valence-electron chi connectivity index (χ0n) is 23.9. The zero-order chi connectivity index (χ0) is 30.9. The second-order valence-corrected chi connectivity index (χ2v) is 11.5. The van der Waals surface area contributed by atoms with Crippen LogP contribution in [0.2, 0.25) is 0 Å². The van der Waals surface area contributed by atoms with E-state index in [2.05, 4.69) is 10.3 Å². The van der Waals surface area contributed by atoms with E-state index >= 15 is 0 Å². The van der Waals surface area contributed by atoms with Crippen LogP contribution in [0.15, 0.2) is 72.9 Å². The Morgan fingerprint density at radius 2 is 1.58 bits per heavy atom. The average molecular weight is 593 g/mol. The van der Waals surface area contributed by atoms with Crippen LogP contribution in [-0.4, -0.2) is 55.8 Å². The fraction of sp³-hybridized carbons (Fsp3) is 0.312. The van der Waals surface area contributed by atoms with Gasteiger partial charge in [0.25, 0.3) is 0 Å². The molecule has 0 spiro atoms. The summed E-state index contributed by atoms with van der Waals surface area (Å²) in [6, 6.07) is 17.4. The normalized spacial score (nSPS) is 14.5. The van der Waals surface area contributed by atoms with Crippen LogP contribution in [0, 0.1) is 0 Å². The summed E-state index contributed by atoms with van der Waals surface area (Å²) in [5.41, 5.74) is 2.09. The van der Waals surface area contributed by atoms with Gasteiger partial charge in [-0.05, 0) is 92.6 Å². The van der Waals surface area contributed by atoms with Crippen LogP contribution in [0.25, 0.3) is 28.1 Å². The number of hydrogen-bond acceptors (Lipinski definition) is 5. The number of aromatic nitrogens is 3. The number of hydrogen-bond donors (Lipinski definition) is 1. The smallest absolute Gasteiger partial charge is 0.416 e. The lowest BCUT2D eigenvalue weighted by molar-refractivity contribution is -0.137. The van der Waals surface area contributed by atoms with Crippen LogP contribution in [0.3, 0.4) is 0 Å². The molecule has 4 aromatic rings. The van der Waals surface area contributed by atoms with Crippen molar-refractivity contribution in [3.8, 4) is 28.1 Å². The molecule has 43 heavy (non-hydrogen) atoms. The van der Waals surface area contributed by atoms with Crippen molar-refractivity contribution >= 4 is 12.1 Å². The van der Waals surface area contributed by atoms with E-state index in [9.17, 15) is 27.9 Å². The number of amides is 1. The minimum Gasteiger partial charge on any atom is -0.478 e. The largest absolute Gasteiger partial charge is 0.478 e. The van der Waals surface area contributed by atoms with Crippen molar-refractivity contribution in [1.29, 1.82) is 0 Å². The number of benzene rings is 3. The van der Waals surface area contributed by atoms with E-state index in [1.165, 1.54) is 16.8 Å². The van der Waals surface area contributed by atoms with Crippen LogP contribution >= 0.6 is 0 Å². The zero-order valence-corrected chi connectivity index (χ0v) is 23.9. The second kappa shape index (κ2) is 11.5. The fourth-order valence-electron chi connectivity index (χ4n) is 5.27. The number of piperidine rings is 1. The maximum Gasteiger partial charge on any atom is 0.416 e. The van der Waals surface area contributed by atoms with Gasteiger partial charge in [-0.3, -0.25) is 0 Å². The number of ether oxygens (including phenoxy) is 1. The standard InChI is InChI=1S/C32H31F3N4O4/c1-31(2,3)43-30(42)38-15-13-21(14-16-38)28-25(17-22(18-26(28)29(40)41)20-7-5-4-6-8-20)27-19-39(37-36-27)24-11-9-23(10-12-24)32(33,34)35/h4-12,17-19,21H,13-16H2,1-3H3,(H,40,41). The molecule has 0 unspecified atom stereocenters. The molecule has 0 radical (unpaired) electrons. The van der Waals surface area contributed by atoms with Crippen LogP contribution in [0.5, 0.6) is 0 Å². The Bertz CT molecular complexity index is 1620. The first-order chi connectivity index (χ1) is 20.3. The van der Waals surface area contributed by atoms with Crippen molar-refractivity contribution in [2.75, 3.05) is 13.1 Å². The molecule has 5 rings (SSSR count). The number of rotatable bonds is 5.